The lowest BCUT2D eigenvalue weighted by Gasteiger charge is -2.35. The van der Waals surface area contributed by atoms with Gasteiger partial charge in [-0.05, 0) is 43.2 Å². The van der Waals surface area contributed by atoms with E-state index in [9.17, 15) is 4.79 Å². The Labute approximate surface area is 181 Å². The van der Waals surface area contributed by atoms with E-state index in [1.807, 2.05) is 55.1 Å². The number of nitrogens with zero attached hydrogens (tertiary/aromatic N) is 2. The molecule has 0 aliphatic carbocycles. The highest BCUT2D eigenvalue weighted by Gasteiger charge is 2.25. The summed E-state index contributed by atoms with van der Waals surface area (Å²) < 4.78 is 11.1. The molecule has 1 aliphatic heterocycles. The molecule has 156 valence electrons. The number of carbonyl (C=O) groups is 1. The smallest absolute Gasteiger partial charge is 0.233 e. The molecule has 2 atom stereocenters. The molecule has 1 aromatic heterocycles. The zero-order valence-corrected chi connectivity index (χ0v) is 18.3. The topological polar surface area (TPSA) is 51.7 Å². The number of benzene rings is 2. The van der Waals surface area contributed by atoms with E-state index in [1.54, 1.807) is 7.11 Å². The summed E-state index contributed by atoms with van der Waals surface area (Å²) in [5, 5.41) is 1.89. The van der Waals surface area contributed by atoms with Crippen molar-refractivity contribution >= 4 is 28.6 Å². The molecule has 30 heavy (non-hydrogen) atoms. The fourth-order valence-corrected chi connectivity index (χ4v) is 4.67. The minimum absolute atomic E-state index is 0.0682. The largest absolute Gasteiger partial charge is 0.497 e. The number of morpholine rings is 1. The van der Waals surface area contributed by atoms with Crippen LogP contribution in [0.15, 0.2) is 59.6 Å². The van der Waals surface area contributed by atoms with Gasteiger partial charge in [0.25, 0.3) is 0 Å². The van der Waals surface area contributed by atoms with E-state index in [1.165, 1.54) is 11.8 Å². The molecule has 0 bridgehead atoms. The van der Waals surface area contributed by atoms with Crippen molar-refractivity contribution < 1.29 is 14.3 Å². The van der Waals surface area contributed by atoms with Gasteiger partial charge in [-0.1, -0.05) is 42.1 Å². The van der Waals surface area contributed by atoms with Crippen molar-refractivity contribution in [2.24, 2.45) is 0 Å². The number of ether oxygens (including phenoxy) is 2. The lowest BCUT2D eigenvalue weighted by atomic mass is 10.0. The molecule has 2 heterocycles. The fraction of sp³-hybridized carbons (Fsp3) is 0.333. The maximum Gasteiger partial charge on any atom is 0.233 e. The molecule has 0 radical (unpaired) electrons. The van der Waals surface area contributed by atoms with E-state index in [0.29, 0.717) is 18.8 Å². The van der Waals surface area contributed by atoms with Crippen LogP contribution in [0.2, 0.25) is 0 Å². The molecule has 1 aliphatic rings. The van der Waals surface area contributed by atoms with Crippen molar-refractivity contribution in [3.05, 3.63) is 54.6 Å². The van der Waals surface area contributed by atoms with Gasteiger partial charge in [-0.15, -0.1) is 0 Å². The first kappa shape index (κ1) is 20.7. The van der Waals surface area contributed by atoms with Crippen LogP contribution in [0.25, 0.3) is 22.0 Å². The van der Waals surface area contributed by atoms with E-state index in [4.69, 9.17) is 14.5 Å². The van der Waals surface area contributed by atoms with Crippen molar-refractivity contribution in [1.29, 1.82) is 0 Å². The van der Waals surface area contributed by atoms with E-state index in [0.717, 1.165) is 32.8 Å². The van der Waals surface area contributed by atoms with Crippen molar-refractivity contribution in [3.63, 3.8) is 0 Å². The number of hydrogen-bond donors (Lipinski definition) is 0. The Balaban J connectivity index is 1.61. The summed E-state index contributed by atoms with van der Waals surface area (Å²) in [6, 6.07) is 18.3. The van der Waals surface area contributed by atoms with Crippen molar-refractivity contribution in [1.82, 2.24) is 9.88 Å². The molecule has 0 saturated carbocycles. The number of fused-ring (bicyclic) bond motifs is 1. The van der Waals surface area contributed by atoms with Gasteiger partial charge in [-0.3, -0.25) is 4.79 Å². The zero-order chi connectivity index (χ0) is 21.1. The lowest BCUT2D eigenvalue weighted by molar-refractivity contribution is -0.140. The highest BCUT2D eigenvalue weighted by atomic mass is 32.2. The Morgan fingerprint density at radius 1 is 1.13 bits per heavy atom. The van der Waals surface area contributed by atoms with Gasteiger partial charge in [-0.25, -0.2) is 4.98 Å². The third-order valence-electron chi connectivity index (χ3n) is 5.19. The summed E-state index contributed by atoms with van der Waals surface area (Å²) in [5.41, 5.74) is 3.09. The van der Waals surface area contributed by atoms with Crippen LogP contribution in [0.5, 0.6) is 5.75 Å². The van der Waals surface area contributed by atoms with E-state index in [-0.39, 0.29) is 18.1 Å². The first-order chi connectivity index (χ1) is 14.5. The molecule has 1 amide bonds. The summed E-state index contributed by atoms with van der Waals surface area (Å²) in [4.78, 5) is 19.5. The third kappa shape index (κ3) is 4.60. The minimum Gasteiger partial charge on any atom is -0.497 e. The molecule has 2 aromatic carbocycles. The van der Waals surface area contributed by atoms with Crippen LogP contribution in [0, 0.1) is 0 Å². The lowest BCUT2D eigenvalue weighted by Crippen LogP contribution is -2.48. The normalized spacial score (nSPS) is 19.1. The first-order valence-corrected chi connectivity index (χ1v) is 11.1. The van der Waals surface area contributed by atoms with E-state index < -0.39 is 0 Å². The van der Waals surface area contributed by atoms with Crippen molar-refractivity contribution in [2.75, 3.05) is 26.0 Å². The predicted molar refractivity (Wildman–Crippen MR) is 121 cm³/mol. The van der Waals surface area contributed by atoms with Crippen LogP contribution in [-0.2, 0) is 9.53 Å². The highest BCUT2D eigenvalue weighted by Crippen LogP contribution is 2.33. The summed E-state index contributed by atoms with van der Waals surface area (Å²) in [6.07, 6.45) is 0.136. The third-order valence-corrected chi connectivity index (χ3v) is 6.09. The van der Waals surface area contributed by atoms with E-state index >= 15 is 0 Å². The second kappa shape index (κ2) is 9.06. The Morgan fingerprint density at radius 3 is 2.57 bits per heavy atom. The molecule has 6 heteroatoms. The van der Waals surface area contributed by atoms with Crippen LogP contribution >= 0.6 is 11.8 Å². The number of aromatic nitrogens is 1. The average Bonchev–Trinajstić information content (AvgIpc) is 2.76. The van der Waals surface area contributed by atoms with Gasteiger partial charge in [0, 0.05) is 24.5 Å². The number of rotatable bonds is 5. The molecule has 2 unspecified atom stereocenters. The summed E-state index contributed by atoms with van der Waals surface area (Å²) in [6.45, 7) is 5.30. The first-order valence-electron chi connectivity index (χ1n) is 10.1. The Morgan fingerprint density at radius 2 is 1.87 bits per heavy atom. The zero-order valence-electron chi connectivity index (χ0n) is 17.5. The molecule has 1 fully saturated rings. The number of methoxy groups -OCH3 is 1. The van der Waals surface area contributed by atoms with Crippen LogP contribution in [0.4, 0.5) is 0 Å². The van der Waals surface area contributed by atoms with Crippen LogP contribution in [0.1, 0.15) is 13.8 Å². The molecular formula is C24H26N2O3S. The Kier molecular flexibility index (Phi) is 6.25. The van der Waals surface area contributed by atoms with Gasteiger partial charge in [-0.2, -0.15) is 0 Å². The highest BCUT2D eigenvalue weighted by molar-refractivity contribution is 7.99. The quantitative estimate of drug-likeness (QED) is 0.561. The second-order valence-corrected chi connectivity index (χ2v) is 8.60. The summed E-state index contributed by atoms with van der Waals surface area (Å²) >= 11 is 1.48. The maximum absolute atomic E-state index is 12.8. The van der Waals surface area contributed by atoms with Crippen LogP contribution < -0.4 is 4.74 Å². The molecule has 1 saturated heterocycles. The summed E-state index contributed by atoms with van der Waals surface area (Å²) in [7, 11) is 1.65. The van der Waals surface area contributed by atoms with Gasteiger partial charge in [0.05, 0.1) is 35.6 Å². The van der Waals surface area contributed by atoms with Gasteiger partial charge in [0.1, 0.15) is 5.75 Å². The predicted octanol–water partition coefficient (Wildman–Crippen LogP) is 4.64. The molecule has 4 rings (SSSR count). The SMILES string of the molecule is COc1ccc2c(-c3ccccc3)cc(SCC(=O)N3CC(C)OC(C)C3)nc2c1. The molecule has 3 aromatic rings. The standard InChI is InChI=1S/C24H26N2O3S/c1-16-13-26(14-17(2)29-16)24(27)15-30-23-12-21(18-7-5-4-6-8-18)20-10-9-19(28-3)11-22(20)25-23/h4-12,16-17H,13-15H2,1-3H3. The Bertz CT molecular complexity index is 1030. The van der Waals surface area contributed by atoms with Gasteiger partial charge in [0.15, 0.2) is 0 Å². The number of carbonyl (C=O) groups excluding carboxylic acids is 1. The van der Waals surface area contributed by atoms with Crippen molar-refractivity contribution in [2.45, 2.75) is 31.1 Å². The van der Waals surface area contributed by atoms with Gasteiger partial charge < -0.3 is 14.4 Å². The minimum atomic E-state index is 0.0682. The average molecular weight is 423 g/mol. The molecule has 0 spiro atoms. The number of hydrogen-bond acceptors (Lipinski definition) is 5. The maximum atomic E-state index is 12.8. The fourth-order valence-electron chi connectivity index (χ4n) is 3.85. The number of thioether (sulfide) groups is 1. The molecule has 0 N–H and O–H groups in total. The van der Waals surface area contributed by atoms with Crippen LogP contribution in [0.3, 0.4) is 0 Å². The van der Waals surface area contributed by atoms with E-state index in [2.05, 4.69) is 18.2 Å². The Hall–Kier alpha value is -2.57. The number of pyridine rings is 1. The van der Waals surface area contributed by atoms with Gasteiger partial charge >= 0.3 is 0 Å². The van der Waals surface area contributed by atoms with Crippen LogP contribution in [-0.4, -0.2) is 54.0 Å². The van der Waals surface area contributed by atoms with Gasteiger partial charge in [0.2, 0.25) is 5.91 Å². The second-order valence-electron chi connectivity index (χ2n) is 7.60. The summed E-state index contributed by atoms with van der Waals surface area (Å²) in [5.74, 6) is 1.25. The van der Waals surface area contributed by atoms with Crippen molar-refractivity contribution in [3.8, 4) is 16.9 Å². The molecular weight excluding hydrogens is 396 g/mol. The number of amides is 1. The molecule has 5 nitrogen and oxygen atoms in total. The monoisotopic (exact) mass is 422 g/mol.